The molecule has 2 unspecified atom stereocenters. The lowest BCUT2D eigenvalue weighted by Gasteiger charge is -2.30. The standard InChI is InChI=1S/C26H53NO4.ClH/c1-6-8-10-12-14-16-20-29-23-26(31-21-17-15-13-11-9-7-2)25(27(4)5)19-18-22-30-24(3)28;/h25-26H,6-23H2,1-5H3;1H. The predicted molar refractivity (Wildman–Crippen MR) is 130 cm³/mol. The van der Waals surface area contributed by atoms with Gasteiger partial charge >= 0.3 is 5.97 Å². The molecule has 0 aliphatic heterocycles. The quantitative estimate of drug-likeness (QED) is 0.180. The van der Waals surface area contributed by atoms with E-state index in [2.05, 4.69) is 27.9 Å². The first-order valence-electron chi connectivity index (χ1n) is 13.2. The number of unbranched alkanes of at least 4 members (excludes halogenated alkanes) is 10. The maximum absolute atomic E-state index is 11.0. The number of halogens is 1. The van der Waals surface area contributed by atoms with Crippen molar-refractivity contribution in [2.24, 2.45) is 0 Å². The third-order valence-electron chi connectivity index (χ3n) is 5.91. The Morgan fingerprint density at radius 3 is 1.81 bits per heavy atom. The van der Waals surface area contributed by atoms with Crippen LogP contribution in [0.4, 0.5) is 0 Å². The smallest absolute Gasteiger partial charge is 0.302 e. The van der Waals surface area contributed by atoms with Crippen LogP contribution in [-0.4, -0.2) is 58.6 Å². The first-order chi connectivity index (χ1) is 15.0. The Morgan fingerprint density at radius 1 is 0.750 bits per heavy atom. The molecule has 2 atom stereocenters. The molecule has 0 aromatic rings. The van der Waals surface area contributed by atoms with Crippen LogP contribution in [-0.2, 0) is 19.0 Å². The summed E-state index contributed by atoms with van der Waals surface area (Å²) in [5.41, 5.74) is 0. The highest BCUT2D eigenvalue weighted by atomic mass is 35.5. The average Bonchev–Trinajstić information content (AvgIpc) is 2.73. The Labute approximate surface area is 205 Å². The van der Waals surface area contributed by atoms with Crippen LogP contribution < -0.4 is 17.3 Å². The Kier molecular flexibility index (Phi) is 26.7. The van der Waals surface area contributed by atoms with E-state index in [9.17, 15) is 4.79 Å². The maximum atomic E-state index is 11.0. The molecule has 0 spiro atoms. The summed E-state index contributed by atoms with van der Waals surface area (Å²) < 4.78 is 17.6. The number of esters is 1. The molecule has 0 radical (unpaired) electrons. The van der Waals surface area contributed by atoms with E-state index in [0.29, 0.717) is 19.3 Å². The second kappa shape index (κ2) is 25.3. The number of hydrogen-bond acceptors (Lipinski definition) is 4. The van der Waals surface area contributed by atoms with E-state index in [1.807, 2.05) is 0 Å². The fourth-order valence-electron chi connectivity index (χ4n) is 3.95. The van der Waals surface area contributed by atoms with Crippen molar-refractivity contribution in [1.82, 2.24) is 0 Å². The van der Waals surface area contributed by atoms with Crippen molar-refractivity contribution in [3.8, 4) is 0 Å². The van der Waals surface area contributed by atoms with Crippen molar-refractivity contribution in [2.45, 2.75) is 123 Å². The predicted octanol–water partition coefficient (Wildman–Crippen LogP) is 1.97. The summed E-state index contributed by atoms with van der Waals surface area (Å²) in [5.74, 6) is -0.202. The molecule has 5 nitrogen and oxygen atoms in total. The molecular weight excluding hydrogens is 426 g/mol. The number of quaternary nitrogens is 1. The Hall–Kier alpha value is -0.360. The van der Waals surface area contributed by atoms with Crippen LogP contribution in [0.5, 0.6) is 0 Å². The normalized spacial score (nSPS) is 13.1. The molecule has 0 saturated carbocycles. The maximum Gasteiger partial charge on any atom is 0.302 e. The van der Waals surface area contributed by atoms with Gasteiger partial charge < -0.3 is 31.5 Å². The molecular formula is C26H54ClNO4. The highest BCUT2D eigenvalue weighted by Gasteiger charge is 2.27. The van der Waals surface area contributed by atoms with E-state index < -0.39 is 0 Å². The molecule has 6 heteroatoms. The highest BCUT2D eigenvalue weighted by Crippen LogP contribution is 2.10. The van der Waals surface area contributed by atoms with Crippen LogP contribution in [0.2, 0.25) is 0 Å². The topological polar surface area (TPSA) is 49.2 Å². The molecule has 0 fully saturated rings. The summed E-state index contributed by atoms with van der Waals surface area (Å²) >= 11 is 0. The highest BCUT2D eigenvalue weighted by molar-refractivity contribution is 5.65. The van der Waals surface area contributed by atoms with Crippen LogP contribution in [0.25, 0.3) is 0 Å². The van der Waals surface area contributed by atoms with Gasteiger partial charge in [-0.05, 0) is 19.3 Å². The minimum absolute atomic E-state index is 0. The molecule has 0 heterocycles. The van der Waals surface area contributed by atoms with Gasteiger partial charge in [0.25, 0.3) is 0 Å². The Bertz CT molecular complexity index is 396. The molecule has 0 rings (SSSR count). The van der Waals surface area contributed by atoms with Gasteiger partial charge in [0.1, 0.15) is 12.1 Å². The molecule has 0 aliphatic carbocycles. The van der Waals surface area contributed by atoms with E-state index in [-0.39, 0.29) is 24.5 Å². The van der Waals surface area contributed by atoms with Gasteiger partial charge in [0.05, 0.1) is 27.3 Å². The van der Waals surface area contributed by atoms with Crippen LogP contribution in [0.15, 0.2) is 0 Å². The zero-order valence-electron chi connectivity index (χ0n) is 21.9. The van der Waals surface area contributed by atoms with Crippen LogP contribution in [0.1, 0.15) is 111 Å². The van der Waals surface area contributed by atoms with Crippen LogP contribution in [0, 0.1) is 0 Å². The summed E-state index contributed by atoms with van der Waals surface area (Å²) in [6, 6.07) is 0.347. The molecule has 0 saturated heterocycles. The number of rotatable bonds is 23. The summed E-state index contributed by atoms with van der Waals surface area (Å²) in [4.78, 5) is 12.4. The van der Waals surface area contributed by atoms with Gasteiger partial charge in [-0.3, -0.25) is 4.79 Å². The van der Waals surface area contributed by atoms with Gasteiger partial charge in [0.2, 0.25) is 0 Å². The van der Waals surface area contributed by atoms with Gasteiger partial charge in [-0.15, -0.1) is 0 Å². The van der Waals surface area contributed by atoms with Gasteiger partial charge in [-0.25, -0.2) is 0 Å². The molecule has 1 N–H and O–H groups in total. The van der Waals surface area contributed by atoms with E-state index >= 15 is 0 Å². The van der Waals surface area contributed by atoms with Crippen LogP contribution >= 0.6 is 0 Å². The van der Waals surface area contributed by atoms with Crippen molar-refractivity contribution < 1.29 is 36.3 Å². The summed E-state index contributed by atoms with van der Waals surface area (Å²) in [6.45, 7) is 8.76. The first kappa shape index (κ1) is 33.8. The van der Waals surface area contributed by atoms with Gasteiger partial charge in [0.15, 0.2) is 0 Å². The minimum atomic E-state index is -0.202. The lowest BCUT2D eigenvalue weighted by molar-refractivity contribution is -0.890. The summed E-state index contributed by atoms with van der Waals surface area (Å²) in [7, 11) is 4.37. The zero-order chi connectivity index (χ0) is 23.2. The largest absolute Gasteiger partial charge is 1.00 e. The fraction of sp³-hybridized carbons (Fsp3) is 0.962. The molecule has 0 aliphatic rings. The van der Waals surface area contributed by atoms with E-state index in [0.717, 1.165) is 38.9 Å². The summed E-state index contributed by atoms with van der Waals surface area (Å²) in [6.07, 6.45) is 17.3. The lowest BCUT2D eigenvalue weighted by Crippen LogP contribution is -3.11. The molecule has 0 aromatic carbocycles. The van der Waals surface area contributed by atoms with Gasteiger partial charge in [-0.2, -0.15) is 0 Å². The fourth-order valence-corrected chi connectivity index (χ4v) is 3.95. The van der Waals surface area contributed by atoms with E-state index in [1.54, 1.807) is 0 Å². The molecule has 0 bridgehead atoms. The van der Waals surface area contributed by atoms with Crippen molar-refractivity contribution >= 4 is 5.97 Å². The van der Waals surface area contributed by atoms with Crippen LogP contribution in [0.3, 0.4) is 0 Å². The Morgan fingerprint density at radius 2 is 1.28 bits per heavy atom. The van der Waals surface area contributed by atoms with E-state index in [1.165, 1.54) is 76.0 Å². The van der Waals surface area contributed by atoms with Gasteiger partial charge in [-0.1, -0.05) is 78.1 Å². The molecule has 0 aromatic heterocycles. The average molecular weight is 480 g/mol. The monoisotopic (exact) mass is 479 g/mol. The minimum Gasteiger partial charge on any atom is -1.00 e. The number of ether oxygens (including phenoxy) is 3. The SMILES string of the molecule is CCCCCCCCOCC(OCCCCCCCC)C(CCCOC(C)=O)[NH+](C)C.[Cl-]. The number of carbonyl (C=O) groups is 1. The number of carbonyl (C=O) groups excluding carboxylic acids is 1. The van der Waals surface area contributed by atoms with Crippen molar-refractivity contribution in [3.05, 3.63) is 0 Å². The second-order valence-electron chi connectivity index (χ2n) is 9.19. The summed E-state index contributed by atoms with van der Waals surface area (Å²) in [5, 5.41) is 0. The first-order valence-corrected chi connectivity index (χ1v) is 13.2. The van der Waals surface area contributed by atoms with Crippen molar-refractivity contribution in [2.75, 3.05) is 40.5 Å². The second-order valence-corrected chi connectivity index (χ2v) is 9.19. The van der Waals surface area contributed by atoms with Crippen molar-refractivity contribution in [1.29, 1.82) is 0 Å². The number of likely N-dealkylation sites (N-methyl/N-ethyl adjacent to an activating group) is 1. The Balaban J connectivity index is 0. The lowest BCUT2D eigenvalue weighted by atomic mass is 10.0. The molecule has 0 amide bonds. The third-order valence-corrected chi connectivity index (χ3v) is 5.91. The third kappa shape index (κ3) is 21.5. The van der Waals surface area contributed by atoms with E-state index in [4.69, 9.17) is 14.2 Å². The number of nitrogens with one attached hydrogen (secondary N) is 1. The molecule has 32 heavy (non-hydrogen) atoms. The van der Waals surface area contributed by atoms with Crippen molar-refractivity contribution in [3.63, 3.8) is 0 Å². The molecule has 194 valence electrons. The number of hydrogen-bond donors (Lipinski definition) is 1. The van der Waals surface area contributed by atoms with Gasteiger partial charge in [0, 0.05) is 26.6 Å². The zero-order valence-corrected chi connectivity index (χ0v) is 22.6.